The third kappa shape index (κ3) is 5.24. The Labute approximate surface area is 150 Å². The highest BCUT2D eigenvalue weighted by molar-refractivity contribution is 6.05. The monoisotopic (exact) mass is 341 g/mol. The third-order valence-corrected chi connectivity index (χ3v) is 3.77. The Morgan fingerprint density at radius 1 is 0.920 bits per heavy atom. The van der Waals surface area contributed by atoms with E-state index in [0.717, 1.165) is 29.7 Å². The van der Waals surface area contributed by atoms with Gasteiger partial charge in [-0.2, -0.15) is 0 Å². The Morgan fingerprint density at radius 3 is 2.28 bits per heavy atom. The summed E-state index contributed by atoms with van der Waals surface area (Å²) in [6, 6.07) is 11.3. The van der Waals surface area contributed by atoms with Crippen molar-refractivity contribution < 1.29 is 14.3 Å². The van der Waals surface area contributed by atoms with Crippen LogP contribution in [0.4, 0.5) is 5.69 Å². The lowest BCUT2D eigenvalue weighted by Crippen LogP contribution is -2.13. The van der Waals surface area contributed by atoms with E-state index in [2.05, 4.69) is 12.2 Å². The minimum Gasteiger partial charge on any atom is -0.490 e. The molecule has 0 unspecified atom stereocenters. The molecule has 0 bridgehead atoms. The molecule has 2 aromatic rings. The van der Waals surface area contributed by atoms with E-state index in [1.165, 1.54) is 0 Å². The van der Waals surface area contributed by atoms with Crippen molar-refractivity contribution in [2.24, 2.45) is 0 Å². The van der Waals surface area contributed by atoms with Gasteiger partial charge in [0.15, 0.2) is 11.5 Å². The van der Waals surface area contributed by atoms with Gasteiger partial charge in [0.05, 0.1) is 13.2 Å². The van der Waals surface area contributed by atoms with Gasteiger partial charge in [-0.3, -0.25) is 4.79 Å². The molecule has 1 amide bonds. The summed E-state index contributed by atoms with van der Waals surface area (Å²) in [7, 11) is 0. The lowest BCUT2D eigenvalue weighted by Gasteiger charge is -2.14. The fourth-order valence-corrected chi connectivity index (χ4v) is 2.37. The average Bonchev–Trinajstić information content (AvgIpc) is 2.61. The maximum absolute atomic E-state index is 12.6. The number of amides is 1. The zero-order chi connectivity index (χ0) is 18.2. The molecule has 25 heavy (non-hydrogen) atoms. The van der Waals surface area contributed by atoms with E-state index < -0.39 is 0 Å². The van der Waals surface area contributed by atoms with Gasteiger partial charge in [0.25, 0.3) is 5.91 Å². The van der Waals surface area contributed by atoms with Crippen molar-refractivity contribution in [2.45, 2.75) is 40.5 Å². The van der Waals surface area contributed by atoms with Crippen molar-refractivity contribution >= 4 is 11.6 Å². The van der Waals surface area contributed by atoms with E-state index in [4.69, 9.17) is 9.47 Å². The molecule has 0 aliphatic carbocycles. The van der Waals surface area contributed by atoms with Gasteiger partial charge in [0.1, 0.15) is 0 Å². The summed E-state index contributed by atoms with van der Waals surface area (Å²) < 4.78 is 11.5. The van der Waals surface area contributed by atoms with Crippen LogP contribution in [0.5, 0.6) is 11.5 Å². The van der Waals surface area contributed by atoms with E-state index >= 15 is 0 Å². The van der Waals surface area contributed by atoms with Crippen LogP contribution in [0.1, 0.15) is 48.2 Å². The SMILES string of the molecule is CCCOc1ccc(C(=O)Nc2cc(C)ccc2C)cc1OCCC. The molecule has 0 spiro atoms. The van der Waals surface area contributed by atoms with Crippen molar-refractivity contribution in [1.82, 2.24) is 0 Å². The number of nitrogens with one attached hydrogen (secondary N) is 1. The number of aryl methyl sites for hydroxylation is 2. The molecule has 0 aliphatic heterocycles. The van der Waals surface area contributed by atoms with Gasteiger partial charge in [-0.15, -0.1) is 0 Å². The lowest BCUT2D eigenvalue weighted by molar-refractivity contribution is 0.102. The molecule has 0 aliphatic rings. The normalized spacial score (nSPS) is 10.4. The van der Waals surface area contributed by atoms with E-state index in [9.17, 15) is 4.79 Å². The highest BCUT2D eigenvalue weighted by atomic mass is 16.5. The van der Waals surface area contributed by atoms with Crippen LogP contribution >= 0.6 is 0 Å². The Balaban J connectivity index is 2.22. The topological polar surface area (TPSA) is 47.6 Å². The third-order valence-electron chi connectivity index (χ3n) is 3.77. The molecule has 0 fully saturated rings. The van der Waals surface area contributed by atoms with Crippen LogP contribution in [-0.2, 0) is 0 Å². The number of carbonyl (C=O) groups is 1. The Morgan fingerprint density at radius 2 is 1.60 bits per heavy atom. The molecule has 0 aromatic heterocycles. The molecule has 2 rings (SSSR count). The average molecular weight is 341 g/mol. The van der Waals surface area contributed by atoms with E-state index in [1.807, 2.05) is 39.0 Å². The number of ether oxygens (including phenoxy) is 2. The fraction of sp³-hybridized carbons (Fsp3) is 0.381. The minimum atomic E-state index is -0.155. The Bertz CT molecular complexity index is 725. The van der Waals surface area contributed by atoms with Crippen LogP contribution in [0.25, 0.3) is 0 Å². The molecule has 0 atom stereocenters. The van der Waals surface area contributed by atoms with Crippen molar-refractivity contribution in [3.63, 3.8) is 0 Å². The summed E-state index contributed by atoms with van der Waals surface area (Å²) in [4.78, 5) is 12.6. The van der Waals surface area contributed by atoms with Crippen molar-refractivity contribution in [2.75, 3.05) is 18.5 Å². The maximum atomic E-state index is 12.6. The van der Waals surface area contributed by atoms with E-state index in [-0.39, 0.29) is 5.91 Å². The molecule has 0 saturated carbocycles. The molecule has 0 saturated heterocycles. The van der Waals surface area contributed by atoms with Gasteiger partial charge in [0.2, 0.25) is 0 Å². The molecule has 2 aromatic carbocycles. The summed E-state index contributed by atoms with van der Waals surface area (Å²) >= 11 is 0. The molecular weight excluding hydrogens is 314 g/mol. The highest BCUT2D eigenvalue weighted by Crippen LogP contribution is 2.29. The number of hydrogen-bond acceptors (Lipinski definition) is 3. The predicted molar refractivity (Wildman–Crippen MR) is 102 cm³/mol. The van der Waals surface area contributed by atoms with Crippen LogP contribution in [0.3, 0.4) is 0 Å². The summed E-state index contributed by atoms with van der Waals surface area (Å²) in [5.41, 5.74) is 3.52. The summed E-state index contributed by atoms with van der Waals surface area (Å²) in [6.45, 7) is 9.29. The second-order valence-corrected chi connectivity index (χ2v) is 6.13. The highest BCUT2D eigenvalue weighted by Gasteiger charge is 2.13. The first-order chi connectivity index (χ1) is 12.0. The van der Waals surface area contributed by atoms with E-state index in [0.29, 0.717) is 30.3 Å². The number of benzene rings is 2. The molecule has 0 radical (unpaired) electrons. The van der Waals surface area contributed by atoms with Gasteiger partial charge in [-0.1, -0.05) is 26.0 Å². The Kier molecular flexibility index (Phi) is 6.87. The van der Waals surface area contributed by atoms with Crippen LogP contribution in [0.15, 0.2) is 36.4 Å². The van der Waals surface area contributed by atoms with Crippen molar-refractivity contribution in [3.8, 4) is 11.5 Å². The first-order valence-electron chi connectivity index (χ1n) is 8.83. The molecule has 4 nitrogen and oxygen atoms in total. The first kappa shape index (κ1) is 18.8. The van der Waals surface area contributed by atoms with Gasteiger partial charge in [0, 0.05) is 11.3 Å². The maximum Gasteiger partial charge on any atom is 0.255 e. The zero-order valence-corrected chi connectivity index (χ0v) is 15.5. The van der Waals surface area contributed by atoms with Crippen LogP contribution in [0.2, 0.25) is 0 Å². The molecule has 134 valence electrons. The Hall–Kier alpha value is -2.49. The summed E-state index contributed by atoms with van der Waals surface area (Å²) in [5, 5.41) is 2.98. The number of anilines is 1. The molecular formula is C21H27NO3. The van der Waals surface area contributed by atoms with Crippen molar-refractivity contribution in [3.05, 3.63) is 53.1 Å². The first-order valence-corrected chi connectivity index (χ1v) is 8.83. The van der Waals surface area contributed by atoms with Crippen molar-refractivity contribution in [1.29, 1.82) is 0 Å². The standard InChI is InChI=1S/C21H27NO3/c1-5-11-24-19-10-9-17(14-20(19)25-12-6-2)21(23)22-18-13-15(3)7-8-16(18)4/h7-10,13-14H,5-6,11-12H2,1-4H3,(H,22,23). The van der Waals surface area contributed by atoms with Crippen LogP contribution in [0, 0.1) is 13.8 Å². The minimum absolute atomic E-state index is 0.155. The molecule has 4 heteroatoms. The lowest BCUT2D eigenvalue weighted by atomic mass is 10.1. The predicted octanol–water partition coefficient (Wildman–Crippen LogP) is 5.13. The molecule has 0 heterocycles. The largest absolute Gasteiger partial charge is 0.490 e. The van der Waals surface area contributed by atoms with Gasteiger partial charge in [-0.25, -0.2) is 0 Å². The summed E-state index contributed by atoms with van der Waals surface area (Å²) in [6.07, 6.45) is 1.81. The number of carbonyl (C=O) groups excluding carboxylic acids is 1. The second-order valence-electron chi connectivity index (χ2n) is 6.13. The smallest absolute Gasteiger partial charge is 0.255 e. The zero-order valence-electron chi connectivity index (χ0n) is 15.5. The number of hydrogen-bond donors (Lipinski definition) is 1. The van der Waals surface area contributed by atoms with Gasteiger partial charge in [-0.05, 0) is 62.1 Å². The van der Waals surface area contributed by atoms with Gasteiger partial charge >= 0.3 is 0 Å². The summed E-state index contributed by atoms with van der Waals surface area (Å²) in [5.74, 6) is 1.14. The fourth-order valence-electron chi connectivity index (χ4n) is 2.37. The second kappa shape index (κ2) is 9.11. The molecule has 1 N–H and O–H groups in total. The number of rotatable bonds is 8. The van der Waals surface area contributed by atoms with Gasteiger partial charge < -0.3 is 14.8 Å². The van der Waals surface area contributed by atoms with Crippen LogP contribution < -0.4 is 14.8 Å². The quantitative estimate of drug-likeness (QED) is 0.724. The van der Waals surface area contributed by atoms with Crippen LogP contribution in [-0.4, -0.2) is 19.1 Å². The van der Waals surface area contributed by atoms with E-state index in [1.54, 1.807) is 18.2 Å².